The quantitative estimate of drug-likeness (QED) is 0.495. The van der Waals surface area contributed by atoms with Gasteiger partial charge in [0.05, 0.1) is 30.0 Å². The number of nitrogens with zero attached hydrogens (tertiary/aromatic N) is 2. The fraction of sp³-hybridized carbons (Fsp3) is 0.500. The van der Waals surface area contributed by atoms with Gasteiger partial charge in [-0.2, -0.15) is 11.3 Å². The summed E-state index contributed by atoms with van der Waals surface area (Å²) in [5.41, 5.74) is 9.20. The second-order valence-corrected chi connectivity index (χ2v) is 11.3. The molecule has 3 N–H and O–H groups in total. The molecule has 3 amide bonds. The second-order valence-electron chi connectivity index (χ2n) is 10.5. The number of rotatable bonds is 10. The minimum absolute atomic E-state index is 0.0297. The van der Waals surface area contributed by atoms with E-state index < -0.39 is 18.0 Å². The summed E-state index contributed by atoms with van der Waals surface area (Å²) in [6, 6.07) is 6.38. The Labute approximate surface area is 222 Å². The average molecular weight is 525 g/mol. The first-order valence-electron chi connectivity index (χ1n) is 13.0. The summed E-state index contributed by atoms with van der Waals surface area (Å²) in [7, 11) is 0. The van der Waals surface area contributed by atoms with Crippen LogP contribution in [0.3, 0.4) is 0 Å². The van der Waals surface area contributed by atoms with Crippen molar-refractivity contribution in [3.8, 4) is 0 Å². The normalized spacial score (nSPS) is 19.2. The number of hydrogen-bond acceptors (Lipinski definition) is 6. The summed E-state index contributed by atoms with van der Waals surface area (Å²) < 4.78 is 0. The standard InChI is InChI=1S/C28H36N4O4S/c1-17(2)12-22(30-27(35)18(3)29)24(33)14-21-13-20-6-4-7-23(31-10-5-8-25(31)34)26(20)32(28(21)36)15-19-9-11-37-16-19/h4,6-7,9,11,16-18,21-22H,5,8,10,12-15,29H2,1-3H3,(H,30,35)/t18-,21?,22+/m0/s1. The Bertz CT molecular complexity index is 1160. The Hall–Kier alpha value is -3.04. The van der Waals surface area contributed by atoms with Crippen LogP contribution in [0.15, 0.2) is 35.0 Å². The molecule has 2 aromatic rings. The van der Waals surface area contributed by atoms with Crippen molar-refractivity contribution in [3.05, 3.63) is 46.2 Å². The van der Waals surface area contributed by atoms with Gasteiger partial charge in [0.2, 0.25) is 17.7 Å². The summed E-state index contributed by atoms with van der Waals surface area (Å²) in [6.07, 6.45) is 2.22. The van der Waals surface area contributed by atoms with Crippen LogP contribution in [0.5, 0.6) is 0 Å². The number of hydrogen-bond donors (Lipinski definition) is 2. The molecule has 1 unspecified atom stereocenters. The van der Waals surface area contributed by atoms with Crippen LogP contribution in [0.1, 0.15) is 57.6 Å². The van der Waals surface area contributed by atoms with Gasteiger partial charge in [-0.3, -0.25) is 19.2 Å². The lowest BCUT2D eigenvalue weighted by atomic mass is 9.85. The summed E-state index contributed by atoms with van der Waals surface area (Å²) in [5, 5.41) is 6.77. The Balaban J connectivity index is 1.65. The van der Waals surface area contributed by atoms with Gasteiger partial charge in [0.1, 0.15) is 0 Å². The van der Waals surface area contributed by atoms with E-state index in [1.54, 1.807) is 28.1 Å². The van der Waals surface area contributed by atoms with Crippen LogP contribution in [-0.2, 0) is 32.1 Å². The number of fused-ring (bicyclic) bond motifs is 1. The molecule has 0 saturated carbocycles. The zero-order chi connectivity index (χ0) is 26.7. The van der Waals surface area contributed by atoms with E-state index in [0.717, 1.165) is 28.9 Å². The van der Waals surface area contributed by atoms with Crippen LogP contribution in [0.2, 0.25) is 0 Å². The molecule has 4 rings (SSSR count). The second kappa shape index (κ2) is 11.6. The van der Waals surface area contributed by atoms with E-state index in [0.29, 0.717) is 32.4 Å². The Morgan fingerprint density at radius 3 is 2.59 bits per heavy atom. The van der Waals surface area contributed by atoms with Crippen LogP contribution in [0.25, 0.3) is 0 Å². The monoisotopic (exact) mass is 524 g/mol. The smallest absolute Gasteiger partial charge is 0.237 e. The van der Waals surface area contributed by atoms with Crippen molar-refractivity contribution in [2.75, 3.05) is 16.3 Å². The molecule has 9 heteroatoms. The van der Waals surface area contributed by atoms with E-state index in [2.05, 4.69) is 5.32 Å². The van der Waals surface area contributed by atoms with Crippen molar-refractivity contribution < 1.29 is 19.2 Å². The van der Waals surface area contributed by atoms with Gasteiger partial charge in [0.15, 0.2) is 5.78 Å². The van der Waals surface area contributed by atoms with E-state index in [-0.39, 0.29) is 35.8 Å². The molecule has 8 nitrogen and oxygen atoms in total. The van der Waals surface area contributed by atoms with Crippen molar-refractivity contribution in [3.63, 3.8) is 0 Å². The molecule has 1 fully saturated rings. The third-order valence-electron chi connectivity index (χ3n) is 7.01. The maximum atomic E-state index is 13.9. The van der Waals surface area contributed by atoms with Crippen molar-refractivity contribution in [1.29, 1.82) is 0 Å². The molecule has 0 aliphatic carbocycles. The maximum absolute atomic E-state index is 13.9. The van der Waals surface area contributed by atoms with E-state index in [4.69, 9.17) is 5.73 Å². The van der Waals surface area contributed by atoms with E-state index in [9.17, 15) is 19.2 Å². The Kier molecular flexibility index (Phi) is 8.44. The van der Waals surface area contributed by atoms with Gasteiger partial charge in [-0.25, -0.2) is 0 Å². The molecule has 37 heavy (non-hydrogen) atoms. The number of ketones is 1. The predicted octanol–water partition coefficient (Wildman–Crippen LogP) is 3.42. The van der Waals surface area contributed by atoms with Crippen molar-refractivity contribution >= 4 is 46.2 Å². The molecule has 1 saturated heterocycles. The van der Waals surface area contributed by atoms with E-state index >= 15 is 0 Å². The van der Waals surface area contributed by atoms with Crippen LogP contribution in [-0.4, -0.2) is 42.1 Å². The number of thiophene rings is 1. The molecule has 2 aliphatic heterocycles. The number of nitrogens with two attached hydrogens (primary N) is 1. The Morgan fingerprint density at radius 2 is 1.97 bits per heavy atom. The average Bonchev–Trinajstić information content (AvgIpc) is 3.52. The highest BCUT2D eigenvalue weighted by atomic mass is 32.1. The molecule has 198 valence electrons. The fourth-order valence-corrected chi connectivity index (χ4v) is 5.83. The SMILES string of the molecule is CC(C)C[C@@H](NC(=O)[C@H](C)N)C(=O)CC1Cc2cccc(N3CCCC3=O)c2N(Cc2ccsc2)C1=O. The molecule has 1 aromatic heterocycles. The number of carbonyl (C=O) groups is 4. The zero-order valence-electron chi connectivity index (χ0n) is 21.7. The summed E-state index contributed by atoms with van der Waals surface area (Å²) in [4.78, 5) is 55.8. The number of Topliss-reactive ketones (excluding diaryl/α,β-unsaturated/α-hetero) is 1. The van der Waals surface area contributed by atoms with E-state index in [1.807, 2.05) is 48.9 Å². The number of carbonyl (C=O) groups excluding carboxylic acids is 4. The zero-order valence-corrected chi connectivity index (χ0v) is 22.6. The molecule has 0 bridgehead atoms. The summed E-state index contributed by atoms with van der Waals surface area (Å²) in [6.45, 7) is 6.57. The number of amides is 3. The van der Waals surface area contributed by atoms with Crippen molar-refractivity contribution in [2.45, 2.75) is 71.5 Å². The molecular weight excluding hydrogens is 488 g/mol. The summed E-state index contributed by atoms with van der Waals surface area (Å²) in [5.74, 6) is -0.974. The van der Waals surface area contributed by atoms with E-state index in [1.165, 1.54) is 0 Å². The van der Waals surface area contributed by atoms with Crippen molar-refractivity contribution in [1.82, 2.24) is 5.32 Å². The first kappa shape index (κ1) is 27.0. The van der Waals surface area contributed by atoms with Crippen molar-refractivity contribution in [2.24, 2.45) is 17.6 Å². The molecule has 0 radical (unpaired) electrons. The highest BCUT2D eigenvalue weighted by molar-refractivity contribution is 7.07. The molecule has 3 heterocycles. The van der Waals surface area contributed by atoms with Crippen LogP contribution in [0, 0.1) is 11.8 Å². The van der Waals surface area contributed by atoms with Gasteiger partial charge >= 0.3 is 0 Å². The van der Waals surface area contributed by atoms with Gasteiger partial charge in [0, 0.05) is 25.3 Å². The first-order chi connectivity index (χ1) is 17.7. The Morgan fingerprint density at radius 1 is 1.19 bits per heavy atom. The number of nitrogens with one attached hydrogen (secondary N) is 1. The first-order valence-corrected chi connectivity index (χ1v) is 13.9. The maximum Gasteiger partial charge on any atom is 0.237 e. The topological polar surface area (TPSA) is 113 Å². The molecule has 3 atom stereocenters. The minimum Gasteiger partial charge on any atom is -0.345 e. The number of para-hydroxylation sites is 1. The lowest BCUT2D eigenvalue weighted by Gasteiger charge is -2.37. The van der Waals surface area contributed by atoms with Gasteiger partial charge in [-0.05, 0) is 66.1 Å². The highest BCUT2D eigenvalue weighted by Gasteiger charge is 2.39. The lowest BCUT2D eigenvalue weighted by molar-refractivity contribution is -0.131. The van der Waals surface area contributed by atoms with Crippen LogP contribution >= 0.6 is 11.3 Å². The third kappa shape index (κ3) is 6.10. The minimum atomic E-state index is -0.724. The number of anilines is 2. The molecular formula is C28H36N4O4S. The largest absolute Gasteiger partial charge is 0.345 e. The fourth-order valence-electron chi connectivity index (χ4n) is 5.17. The van der Waals surface area contributed by atoms with Gasteiger partial charge in [-0.1, -0.05) is 26.0 Å². The van der Waals surface area contributed by atoms with Crippen LogP contribution in [0.4, 0.5) is 11.4 Å². The lowest BCUT2D eigenvalue weighted by Crippen LogP contribution is -2.49. The van der Waals surface area contributed by atoms with Gasteiger partial charge in [-0.15, -0.1) is 0 Å². The molecule has 2 aliphatic rings. The van der Waals surface area contributed by atoms with Gasteiger partial charge < -0.3 is 20.9 Å². The summed E-state index contributed by atoms with van der Waals surface area (Å²) >= 11 is 1.56. The third-order valence-corrected chi connectivity index (χ3v) is 7.74. The molecule has 0 spiro atoms. The van der Waals surface area contributed by atoms with Gasteiger partial charge in [0.25, 0.3) is 0 Å². The number of benzene rings is 1. The molecule has 1 aromatic carbocycles. The predicted molar refractivity (Wildman–Crippen MR) is 145 cm³/mol. The highest BCUT2D eigenvalue weighted by Crippen LogP contribution is 2.42. The van der Waals surface area contributed by atoms with Crippen LogP contribution < -0.4 is 20.9 Å².